The van der Waals surface area contributed by atoms with E-state index in [1.54, 1.807) is 18.2 Å². The molecule has 0 aliphatic carbocycles. The first-order chi connectivity index (χ1) is 10.0. The molecular weight excluding hydrogens is 266 g/mol. The lowest BCUT2D eigenvalue weighted by molar-refractivity contribution is 0.0598. The van der Waals surface area contributed by atoms with Crippen molar-refractivity contribution < 1.29 is 14.3 Å². The minimum Gasteiger partial charge on any atom is -0.465 e. The fourth-order valence-corrected chi connectivity index (χ4v) is 1.97. The molecule has 0 amide bonds. The van der Waals surface area contributed by atoms with E-state index in [1.165, 1.54) is 12.7 Å². The maximum Gasteiger partial charge on any atom is 0.341 e. The van der Waals surface area contributed by atoms with Crippen LogP contribution >= 0.6 is 0 Å². The third-order valence-corrected chi connectivity index (χ3v) is 3.16. The van der Waals surface area contributed by atoms with Crippen molar-refractivity contribution in [2.24, 2.45) is 0 Å². The van der Waals surface area contributed by atoms with Crippen LogP contribution in [0.3, 0.4) is 0 Å². The Bertz CT molecular complexity index is 650. The van der Waals surface area contributed by atoms with Crippen molar-refractivity contribution in [3.63, 3.8) is 0 Å². The van der Waals surface area contributed by atoms with Gasteiger partial charge < -0.3 is 15.2 Å². The van der Waals surface area contributed by atoms with Gasteiger partial charge in [-0.25, -0.2) is 4.79 Å². The molecule has 110 valence electrons. The molecule has 0 aliphatic heterocycles. The second-order valence-electron chi connectivity index (χ2n) is 5.08. The Morgan fingerprint density at radius 3 is 2.57 bits per heavy atom. The zero-order valence-corrected chi connectivity index (χ0v) is 12.4. The summed E-state index contributed by atoms with van der Waals surface area (Å²) in [4.78, 5) is 11.8. The smallest absolute Gasteiger partial charge is 0.341 e. The molecule has 0 atom stereocenters. The molecule has 0 saturated heterocycles. The number of anilines is 1. The van der Waals surface area contributed by atoms with E-state index in [1.807, 2.05) is 24.3 Å². The van der Waals surface area contributed by atoms with Gasteiger partial charge in [0.2, 0.25) is 0 Å². The van der Waals surface area contributed by atoms with E-state index in [4.69, 9.17) is 15.2 Å². The van der Waals surface area contributed by atoms with Gasteiger partial charge in [-0.1, -0.05) is 26.0 Å². The number of nitrogen functional groups attached to an aromatic ring is 1. The molecule has 4 nitrogen and oxygen atoms in total. The van der Waals surface area contributed by atoms with E-state index in [9.17, 15) is 4.79 Å². The summed E-state index contributed by atoms with van der Waals surface area (Å²) in [5.74, 6) is 1.03. The lowest BCUT2D eigenvalue weighted by Gasteiger charge is -2.12. The van der Waals surface area contributed by atoms with Crippen LogP contribution in [0.1, 0.15) is 35.7 Å². The van der Waals surface area contributed by atoms with Gasteiger partial charge in [0.05, 0.1) is 7.11 Å². The van der Waals surface area contributed by atoms with Crippen LogP contribution in [0.25, 0.3) is 0 Å². The topological polar surface area (TPSA) is 61.5 Å². The highest BCUT2D eigenvalue weighted by molar-refractivity contribution is 5.93. The summed E-state index contributed by atoms with van der Waals surface area (Å²) in [5, 5.41) is 0. The maximum absolute atomic E-state index is 11.8. The zero-order valence-electron chi connectivity index (χ0n) is 12.4. The molecule has 2 rings (SSSR count). The van der Waals surface area contributed by atoms with Gasteiger partial charge in [0.1, 0.15) is 17.1 Å². The Morgan fingerprint density at radius 1 is 1.14 bits per heavy atom. The lowest BCUT2D eigenvalue weighted by atomic mass is 10.0. The summed E-state index contributed by atoms with van der Waals surface area (Å²) in [6.45, 7) is 4.23. The van der Waals surface area contributed by atoms with E-state index in [0.29, 0.717) is 28.7 Å². The second kappa shape index (κ2) is 6.31. The predicted molar refractivity (Wildman–Crippen MR) is 82.8 cm³/mol. The molecule has 21 heavy (non-hydrogen) atoms. The fourth-order valence-electron chi connectivity index (χ4n) is 1.97. The molecule has 0 aromatic heterocycles. The largest absolute Gasteiger partial charge is 0.465 e. The van der Waals surface area contributed by atoms with E-state index in [2.05, 4.69) is 13.8 Å². The highest BCUT2D eigenvalue weighted by atomic mass is 16.5. The number of ether oxygens (including phenoxy) is 2. The van der Waals surface area contributed by atoms with Crippen molar-refractivity contribution in [1.29, 1.82) is 0 Å². The first-order valence-electron chi connectivity index (χ1n) is 6.77. The number of carbonyl (C=O) groups excluding carboxylic acids is 1. The lowest BCUT2D eigenvalue weighted by Crippen LogP contribution is -2.04. The first-order valence-corrected chi connectivity index (χ1v) is 6.77. The number of hydrogen-bond acceptors (Lipinski definition) is 4. The Labute approximate surface area is 124 Å². The normalized spacial score (nSPS) is 10.5. The van der Waals surface area contributed by atoms with E-state index in [0.717, 1.165) is 0 Å². The standard InChI is InChI=1S/C17H19NO3/c1-11(2)12-5-4-6-14(9-12)21-16-8-7-13(18)10-15(16)17(19)20-3/h4-11H,18H2,1-3H3. The Morgan fingerprint density at radius 2 is 1.90 bits per heavy atom. The highest BCUT2D eigenvalue weighted by Gasteiger charge is 2.14. The molecule has 0 bridgehead atoms. The summed E-state index contributed by atoms with van der Waals surface area (Å²) < 4.78 is 10.6. The zero-order chi connectivity index (χ0) is 15.4. The van der Waals surface area contributed by atoms with Gasteiger partial charge >= 0.3 is 5.97 Å². The van der Waals surface area contributed by atoms with Crippen LogP contribution in [0.5, 0.6) is 11.5 Å². The van der Waals surface area contributed by atoms with Crippen molar-refractivity contribution in [1.82, 2.24) is 0 Å². The Kier molecular flexibility index (Phi) is 4.48. The molecule has 0 spiro atoms. The van der Waals surface area contributed by atoms with E-state index in [-0.39, 0.29) is 0 Å². The van der Waals surface area contributed by atoms with Crippen molar-refractivity contribution in [3.8, 4) is 11.5 Å². The number of nitrogens with two attached hydrogens (primary N) is 1. The van der Waals surface area contributed by atoms with Crippen molar-refractivity contribution in [2.75, 3.05) is 12.8 Å². The number of hydrogen-bond donors (Lipinski definition) is 1. The van der Waals surface area contributed by atoms with Crippen molar-refractivity contribution in [3.05, 3.63) is 53.6 Å². The van der Waals surface area contributed by atoms with Crippen LogP contribution < -0.4 is 10.5 Å². The van der Waals surface area contributed by atoms with Gasteiger partial charge in [-0.3, -0.25) is 0 Å². The van der Waals surface area contributed by atoms with Gasteiger partial charge in [0, 0.05) is 5.69 Å². The predicted octanol–water partition coefficient (Wildman–Crippen LogP) is 3.97. The average Bonchev–Trinajstić information content (AvgIpc) is 2.48. The minimum absolute atomic E-state index is 0.312. The maximum atomic E-state index is 11.8. The molecule has 0 unspecified atom stereocenters. The van der Waals surface area contributed by atoms with Crippen LogP contribution in [-0.4, -0.2) is 13.1 Å². The van der Waals surface area contributed by atoms with E-state index >= 15 is 0 Å². The summed E-state index contributed by atoms with van der Waals surface area (Å²) in [6, 6.07) is 12.7. The molecule has 0 aliphatic rings. The van der Waals surface area contributed by atoms with Crippen LogP contribution in [0.15, 0.2) is 42.5 Å². The molecule has 2 N–H and O–H groups in total. The summed E-state index contributed by atoms with van der Waals surface area (Å²) in [7, 11) is 1.33. The number of carbonyl (C=O) groups is 1. The Balaban J connectivity index is 2.35. The monoisotopic (exact) mass is 285 g/mol. The molecule has 2 aromatic carbocycles. The van der Waals surface area contributed by atoms with Crippen LogP contribution in [-0.2, 0) is 4.74 Å². The minimum atomic E-state index is -0.475. The van der Waals surface area contributed by atoms with Gasteiger partial charge in [-0.2, -0.15) is 0 Å². The molecule has 0 fully saturated rings. The fraction of sp³-hybridized carbons (Fsp3) is 0.235. The SMILES string of the molecule is COC(=O)c1cc(N)ccc1Oc1cccc(C(C)C)c1. The molecule has 4 heteroatoms. The number of methoxy groups -OCH3 is 1. The van der Waals surface area contributed by atoms with Crippen molar-refractivity contribution in [2.45, 2.75) is 19.8 Å². The first kappa shape index (κ1) is 14.9. The third-order valence-electron chi connectivity index (χ3n) is 3.16. The quantitative estimate of drug-likeness (QED) is 0.682. The number of benzene rings is 2. The summed E-state index contributed by atoms with van der Waals surface area (Å²) >= 11 is 0. The van der Waals surface area contributed by atoms with Gasteiger partial charge in [0.25, 0.3) is 0 Å². The summed E-state index contributed by atoms with van der Waals surface area (Å²) in [5.41, 5.74) is 7.68. The molecule has 2 aromatic rings. The van der Waals surface area contributed by atoms with Crippen LogP contribution in [0.4, 0.5) is 5.69 Å². The van der Waals surface area contributed by atoms with Crippen LogP contribution in [0, 0.1) is 0 Å². The molecular formula is C17H19NO3. The average molecular weight is 285 g/mol. The molecule has 0 heterocycles. The highest BCUT2D eigenvalue weighted by Crippen LogP contribution is 2.29. The number of esters is 1. The van der Waals surface area contributed by atoms with Gasteiger partial charge in [-0.05, 0) is 41.8 Å². The third kappa shape index (κ3) is 3.54. The number of rotatable bonds is 4. The van der Waals surface area contributed by atoms with Crippen molar-refractivity contribution >= 4 is 11.7 Å². The van der Waals surface area contributed by atoms with Crippen LogP contribution in [0.2, 0.25) is 0 Å². The molecule has 0 saturated carbocycles. The van der Waals surface area contributed by atoms with Gasteiger partial charge in [-0.15, -0.1) is 0 Å². The Hall–Kier alpha value is -2.49. The van der Waals surface area contributed by atoms with E-state index < -0.39 is 5.97 Å². The van der Waals surface area contributed by atoms with Gasteiger partial charge in [0.15, 0.2) is 0 Å². The molecule has 0 radical (unpaired) electrons. The summed E-state index contributed by atoms with van der Waals surface area (Å²) in [6.07, 6.45) is 0. The second-order valence-corrected chi connectivity index (χ2v) is 5.08.